The molecule has 1 aliphatic carbocycles. The van der Waals surface area contributed by atoms with Crippen LogP contribution in [-0.2, 0) is 11.3 Å². The van der Waals surface area contributed by atoms with Crippen molar-refractivity contribution in [2.75, 3.05) is 0 Å². The van der Waals surface area contributed by atoms with Gasteiger partial charge in [-0.25, -0.2) is 0 Å². The molecule has 0 aliphatic heterocycles. The first-order valence-corrected chi connectivity index (χ1v) is 7.59. The molecule has 104 valence electrons. The van der Waals surface area contributed by atoms with Crippen molar-refractivity contribution in [3.05, 3.63) is 34.3 Å². The Morgan fingerprint density at radius 1 is 1.42 bits per heavy atom. The van der Waals surface area contributed by atoms with Gasteiger partial charge in [-0.05, 0) is 30.4 Å². The van der Waals surface area contributed by atoms with Crippen molar-refractivity contribution in [3.63, 3.8) is 0 Å². The summed E-state index contributed by atoms with van der Waals surface area (Å²) in [6, 6.07) is 8.02. The summed E-state index contributed by atoms with van der Waals surface area (Å²) in [5.74, 6) is 0.251. The van der Waals surface area contributed by atoms with Gasteiger partial charge in [0.2, 0.25) is 5.91 Å². The van der Waals surface area contributed by atoms with Gasteiger partial charge in [0, 0.05) is 17.1 Å². The second-order valence-electron chi connectivity index (χ2n) is 5.56. The third-order valence-electron chi connectivity index (χ3n) is 3.57. The van der Waals surface area contributed by atoms with Gasteiger partial charge >= 0.3 is 0 Å². The summed E-state index contributed by atoms with van der Waals surface area (Å²) in [4.78, 5) is 14.4. The van der Waals surface area contributed by atoms with Crippen LogP contribution in [-0.4, -0.2) is 22.9 Å². The molecule has 0 heterocycles. The van der Waals surface area contributed by atoms with Gasteiger partial charge in [-0.15, -0.1) is 0 Å². The van der Waals surface area contributed by atoms with E-state index in [0.717, 1.165) is 22.9 Å². The van der Waals surface area contributed by atoms with Crippen LogP contribution < -0.4 is 5.73 Å². The molecule has 19 heavy (non-hydrogen) atoms. The van der Waals surface area contributed by atoms with E-state index in [1.807, 2.05) is 43.0 Å². The number of halogens is 1. The predicted molar refractivity (Wildman–Crippen MR) is 80.5 cm³/mol. The highest BCUT2D eigenvalue weighted by Gasteiger charge is 2.35. The Morgan fingerprint density at radius 2 is 2.05 bits per heavy atom. The maximum Gasteiger partial charge on any atom is 0.240 e. The molecule has 1 aliphatic rings. The van der Waals surface area contributed by atoms with E-state index in [-0.39, 0.29) is 11.8 Å². The van der Waals surface area contributed by atoms with E-state index in [0.29, 0.717) is 12.6 Å². The van der Waals surface area contributed by atoms with Crippen LogP contribution in [0.15, 0.2) is 28.7 Å². The van der Waals surface area contributed by atoms with Crippen molar-refractivity contribution in [1.29, 1.82) is 0 Å². The second kappa shape index (κ2) is 6.06. The smallest absolute Gasteiger partial charge is 0.240 e. The number of benzene rings is 1. The number of amides is 1. The molecule has 0 bridgehead atoms. The molecule has 1 aromatic carbocycles. The molecule has 0 saturated heterocycles. The van der Waals surface area contributed by atoms with Crippen LogP contribution in [0.2, 0.25) is 0 Å². The quantitative estimate of drug-likeness (QED) is 0.905. The average Bonchev–Trinajstić information content (AvgIpc) is 3.20. The number of hydrogen-bond acceptors (Lipinski definition) is 2. The van der Waals surface area contributed by atoms with Crippen molar-refractivity contribution < 1.29 is 4.79 Å². The van der Waals surface area contributed by atoms with Gasteiger partial charge in [0.05, 0.1) is 6.04 Å². The van der Waals surface area contributed by atoms with E-state index in [1.165, 1.54) is 0 Å². The average molecular weight is 325 g/mol. The summed E-state index contributed by atoms with van der Waals surface area (Å²) >= 11 is 3.54. The molecule has 1 saturated carbocycles. The van der Waals surface area contributed by atoms with Crippen molar-refractivity contribution in [2.45, 2.75) is 45.3 Å². The summed E-state index contributed by atoms with van der Waals surface area (Å²) in [6.07, 6.45) is 2.20. The minimum atomic E-state index is -0.400. The number of carbonyl (C=O) groups excluding carboxylic acids is 1. The lowest BCUT2D eigenvalue weighted by atomic mass is 10.0. The molecule has 1 fully saturated rings. The van der Waals surface area contributed by atoms with Gasteiger partial charge in [-0.3, -0.25) is 4.79 Å². The maximum atomic E-state index is 12.5. The number of carbonyl (C=O) groups is 1. The van der Waals surface area contributed by atoms with Crippen molar-refractivity contribution in [3.8, 4) is 0 Å². The summed E-state index contributed by atoms with van der Waals surface area (Å²) in [7, 11) is 0. The molecule has 3 nitrogen and oxygen atoms in total. The lowest BCUT2D eigenvalue weighted by Gasteiger charge is -2.27. The number of nitrogens with zero attached hydrogens (tertiary/aromatic N) is 1. The minimum Gasteiger partial charge on any atom is -0.334 e. The van der Waals surface area contributed by atoms with Gasteiger partial charge in [0.15, 0.2) is 0 Å². The van der Waals surface area contributed by atoms with Crippen LogP contribution in [0.3, 0.4) is 0 Å². The minimum absolute atomic E-state index is 0.0771. The Bertz CT molecular complexity index is 457. The Morgan fingerprint density at radius 3 is 2.58 bits per heavy atom. The SMILES string of the molecule is CC(C)C(N)C(=O)N(Cc1ccccc1Br)C1CC1. The van der Waals surface area contributed by atoms with Crippen LogP contribution in [0.25, 0.3) is 0 Å². The van der Waals surface area contributed by atoms with Crippen molar-refractivity contribution in [1.82, 2.24) is 4.90 Å². The van der Waals surface area contributed by atoms with Gasteiger partial charge in [0.25, 0.3) is 0 Å². The van der Waals surface area contributed by atoms with Crippen LogP contribution >= 0.6 is 15.9 Å². The normalized spacial score (nSPS) is 16.5. The maximum absolute atomic E-state index is 12.5. The van der Waals surface area contributed by atoms with E-state index >= 15 is 0 Å². The molecule has 1 atom stereocenters. The lowest BCUT2D eigenvalue weighted by Crippen LogP contribution is -2.47. The molecule has 4 heteroatoms. The van der Waals surface area contributed by atoms with E-state index in [9.17, 15) is 4.79 Å². The summed E-state index contributed by atoms with van der Waals surface area (Å²) in [5.41, 5.74) is 7.15. The van der Waals surface area contributed by atoms with Crippen LogP contribution in [0, 0.1) is 5.92 Å². The number of rotatable bonds is 5. The molecular weight excluding hydrogens is 304 g/mol. The van der Waals surface area contributed by atoms with E-state index in [4.69, 9.17) is 5.73 Å². The summed E-state index contributed by atoms with van der Waals surface area (Å²) < 4.78 is 1.05. The Balaban J connectivity index is 2.13. The molecule has 2 N–H and O–H groups in total. The molecule has 1 unspecified atom stereocenters. The number of nitrogens with two attached hydrogens (primary N) is 1. The lowest BCUT2D eigenvalue weighted by molar-refractivity contribution is -0.134. The fourth-order valence-electron chi connectivity index (χ4n) is 2.06. The molecule has 0 radical (unpaired) electrons. The summed E-state index contributed by atoms with van der Waals surface area (Å²) in [5, 5.41) is 0. The standard InChI is InChI=1S/C15H21BrN2O/c1-10(2)14(17)15(19)18(12-7-8-12)9-11-5-3-4-6-13(11)16/h3-6,10,12,14H,7-9,17H2,1-2H3. The first-order valence-electron chi connectivity index (χ1n) is 6.80. The fourth-order valence-corrected chi connectivity index (χ4v) is 2.47. The third kappa shape index (κ3) is 3.57. The largest absolute Gasteiger partial charge is 0.334 e. The Kier molecular flexibility index (Phi) is 4.63. The van der Waals surface area contributed by atoms with Crippen molar-refractivity contribution in [2.24, 2.45) is 11.7 Å². The number of hydrogen-bond donors (Lipinski definition) is 1. The van der Waals surface area contributed by atoms with Gasteiger partial charge in [-0.2, -0.15) is 0 Å². The zero-order valence-corrected chi connectivity index (χ0v) is 13.1. The van der Waals surface area contributed by atoms with E-state index < -0.39 is 6.04 Å². The predicted octanol–water partition coefficient (Wildman–Crippen LogP) is 2.92. The zero-order chi connectivity index (χ0) is 14.0. The molecule has 0 aromatic heterocycles. The zero-order valence-electron chi connectivity index (χ0n) is 11.5. The second-order valence-corrected chi connectivity index (χ2v) is 6.41. The first-order chi connectivity index (χ1) is 9.00. The highest BCUT2D eigenvalue weighted by Crippen LogP contribution is 2.30. The highest BCUT2D eigenvalue weighted by atomic mass is 79.9. The molecular formula is C15H21BrN2O. The third-order valence-corrected chi connectivity index (χ3v) is 4.35. The fraction of sp³-hybridized carbons (Fsp3) is 0.533. The van der Waals surface area contributed by atoms with Crippen LogP contribution in [0.4, 0.5) is 0 Å². The molecule has 1 aromatic rings. The molecule has 1 amide bonds. The van der Waals surface area contributed by atoms with Crippen LogP contribution in [0.5, 0.6) is 0 Å². The van der Waals surface area contributed by atoms with Crippen molar-refractivity contribution >= 4 is 21.8 Å². The topological polar surface area (TPSA) is 46.3 Å². The monoisotopic (exact) mass is 324 g/mol. The van der Waals surface area contributed by atoms with Gasteiger partial charge < -0.3 is 10.6 Å². The summed E-state index contributed by atoms with van der Waals surface area (Å²) in [6.45, 7) is 4.63. The van der Waals surface area contributed by atoms with Crippen LogP contribution in [0.1, 0.15) is 32.3 Å². The molecule has 0 spiro atoms. The van der Waals surface area contributed by atoms with Gasteiger partial charge in [-0.1, -0.05) is 48.0 Å². The Labute approximate surface area is 123 Å². The van der Waals surface area contributed by atoms with E-state index in [1.54, 1.807) is 0 Å². The highest BCUT2D eigenvalue weighted by molar-refractivity contribution is 9.10. The van der Waals surface area contributed by atoms with Gasteiger partial charge in [0.1, 0.15) is 0 Å². The Hall–Kier alpha value is -0.870. The molecule has 2 rings (SSSR count). The first kappa shape index (κ1) is 14.5. The van der Waals surface area contributed by atoms with E-state index in [2.05, 4.69) is 15.9 Å².